The molecule has 0 aliphatic heterocycles. The highest BCUT2D eigenvalue weighted by atomic mass is 79.9. The van der Waals surface area contributed by atoms with Crippen LogP contribution in [0, 0.1) is 0 Å². The smallest absolute Gasteiger partial charge is 0.253 e. The Morgan fingerprint density at radius 3 is 2.46 bits per heavy atom. The van der Waals surface area contributed by atoms with Gasteiger partial charge in [0.15, 0.2) is 0 Å². The molecule has 2 rings (SSSR count). The summed E-state index contributed by atoms with van der Waals surface area (Å²) in [7, 11) is 0. The van der Waals surface area contributed by atoms with Crippen LogP contribution >= 0.6 is 27.5 Å². The number of hydrogen-bond acceptors (Lipinski definition) is 2. The fourth-order valence-electron chi connectivity index (χ4n) is 2.51. The zero-order valence-corrected chi connectivity index (χ0v) is 16.3. The molecule has 0 bridgehead atoms. The Kier molecular flexibility index (Phi) is 7.28. The van der Waals surface area contributed by atoms with Crippen LogP contribution in [0.15, 0.2) is 46.9 Å². The van der Waals surface area contributed by atoms with E-state index in [-0.39, 0.29) is 5.91 Å². The van der Waals surface area contributed by atoms with Crippen molar-refractivity contribution in [1.82, 2.24) is 10.2 Å². The fraction of sp³-hybridized carbons (Fsp3) is 0.316. The second-order valence-corrected chi connectivity index (χ2v) is 6.86. The lowest BCUT2D eigenvalue weighted by molar-refractivity contribution is 0.0951. The van der Waals surface area contributed by atoms with Crippen molar-refractivity contribution in [3.05, 3.63) is 68.7 Å². The Bertz CT molecular complexity index is 702. The van der Waals surface area contributed by atoms with Crippen molar-refractivity contribution in [2.24, 2.45) is 0 Å². The number of carbonyl (C=O) groups is 1. The quantitative estimate of drug-likeness (QED) is 0.707. The first-order valence-electron chi connectivity index (χ1n) is 8.07. The molecular formula is C19H22BrClN2O. The highest BCUT2D eigenvalue weighted by molar-refractivity contribution is 9.10. The summed E-state index contributed by atoms with van der Waals surface area (Å²) in [5.41, 5.74) is 2.85. The van der Waals surface area contributed by atoms with Crippen LogP contribution in [0.25, 0.3) is 0 Å². The van der Waals surface area contributed by atoms with Gasteiger partial charge in [-0.25, -0.2) is 0 Å². The van der Waals surface area contributed by atoms with Gasteiger partial charge in [0, 0.05) is 17.6 Å². The van der Waals surface area contributed by atoms with Crippen LogP contribution in [0.2, 0.25) is 5.02 Å². The number of carbonyl (C=O) groups excluding carboxylic acids is 1. The predicted octanol–water partition coefficient (Wildman–Crippen LogP) is 4.87. The number of rotatable bonds is 7. The number of benzene rings is 2. The third-order valence-electron chi connectivity index (χ3n) is 4.02. The van der Waals surface area contributed by atoms with Gasteiger partial charge in [0.05, 0.1) is 10.6 Å². The molecule has 0 aliphatic carbocycles. The average molecular weight is 410 g/mol. The van der Waals surface area contributed by atoms with Crippen LogP contribution in [0.4, 0.5) is 0 Å². The van der Waals surface area contributed by atoms with Crippen molar-refractivity contribution in [1.29, 1.82) is 0 Å². The fourth-order valence-corrected chi connectivity index (χ4v) is 3.08. The van der Waals surface area contributed by atoms with Crippen LogP contribution in [0.3, 0.4) is 0 Å². The number of halogens is 2. The third kappa shape index (κ3) is 5.07. The monoisotopic (exact) mass is 408 g/mol. The van der Waals surface area contributed by atoms with Gasteiger partial charge in [-0.15, -0.1) is 0 Å². The van der Waals surface area contributed by atoms with Crippen LogP contribution in [0.1, 0.15) is 35.3 Å². The molecule has 0 aliphatic rings. The Morgan fingerprint density at radius 1 is 1.12 bits per heavy atom. The normalized spacial score (nSPS) is 10.9. The van der Waals surface area contributed by atoms with Crippen LogP contribution in [0.5, 0.6) is 0 Å². The molecule has 0 fully saturated rings. The van der Waals surface area contributed by atoms with E-state index in [0.717, 1.165) is 29.7 Å². The summed E-state index contributed by atoms with van der Waals surface area (Å²) in [6.07, 6.45) is 0. The van der Waals surface area contributed by atoms with Gasteiger partial charge in [0.1, 0.15) is 0 Å². The van der Waals surface area contributed by atoms with E-state index in [4.69, 9.17) is 11.6 Å². The van der Waals surface area contributed by atoms with E-state index in [1.807, 2.05) is 18.2 Å². The third-order valence-corrected chi connectivity index (χ3v) is 4.84. The summed E-state index contributed by atoms with van der Waals surface area (Å²) in [5, 5.41) is 3.42. The zero-order chi connectivity index (χ0) is 17.5. The molecule has 0 saturated heterocycles. The molecule has 0 saturated carbocycles. The lowest BCUT2D eigenvalue weighted by Crippen LogP contribution is -2.26. The van der Waals surface area contributed by atoms with E-state index >= 15 is 0 Å². The van der Waals surface area contributed by atoms with Gasteiger partial charge in [-0.2, -0.15) is 0 Å². The Balaban J connectivity index is 2.09. The highest BCUT2D eigenvalue weighted by Gasteiger charge is 2.12. The standard InChI is InChI=1S/C19H22BrClN2O/c1-3-23(4-2)13-15-8-6-5-7-14(15)12-22-19(24)17-11-16(20)9-10-18(17)21/h5-11H,3-4,12-13H2,1-2H3,(H,22,24). The Hall–Kier alpha value is -1.36. The number of nitrogens with one attached hydrogen (secondary N) is 1. The molecule has 0 spiro atoms. The highest BCUT2D eigenvalue weighted by Crippen LogP contribution is 2.21. The molecule has 24 heavy (non-hydrogen) atoms. The van der Waals surface area contributed by atoms with Gasteiger partial charge in [-0.3, -0.25) is 9.69 Å². The molecule has 0 heterocycles. The first-order chi connectivity index (χ1) is 11.5. The van der Waals surface area contributed by atoms with Gasteiger partial charge < -0.3 is 5.32 Å². The average Bonchev–Trinajstić information content (AvgIpc) is 2.60. The van der Waals surface area contributed by atoms with Crippen LogP contribution in [-0.4, -0.2) is 23.9 Å². The molecule has 2 aromatic rings. The molecule has 5 heteroatoms. The zero-order valence-electron chi connectivity index (χ0n) is 14.0. The minimum atomic E-state index is -0.168. The molecule has 128 valence electrons. The second-order valence-electron chi connectivity index (χ2n) is 5.54. The Labute approximate surface area is 157 Å². The largest absolute Gasteiger partial charge is 0.348 e. The topological polar surface area (TPSA) is 32.3 Å². The lowest BCUT2D eigenvalue weighted by Gasteiger charge is -2.20. The maximum absolute atomic E-state index is 12.4. The van der Waals surface area contributed by atoms with Gasteiger partial charge in [-0.1, -0.05) is 65.6 Å². The summed E-state index contributed by atoms with van der Waals surface area (Å²) in [5.74, 6) is -0.168. The minimum absolute atomic E-state index is 0.168. The molecule has 3 nitrogen and oxygen atoms in total. The lowest BCUT2D eigenvalue weighted by atomic mass is 10.1. The van der Waals surface area contributed by atoms with Crippen LogP contribution < -0.4 is 5.32 Å². The van der Waals surface area contributed by atoms with Gasteiger partial charge in [0.2, 0.25) is 0 Å². The molecule has 0 atom stereocenters. The summed E-state index contributed by atoms with van der Waals surface area (Å²) in [6, 6.07) is 13.5. The van der Waals surface area contributed by atoms with Gasteiger partial charge >= 0.3 is 0 Å². The molecular weight excluding hydrogens is 388 g/mol. The SMILES string of the molecule is CCN(CC)Cc1ccccc1CNC(=O)c1cc(Br)ccc1Cl. The number of nitrogens with zero attached hydrogens (tertiary/aromatic N) is 1. The molecule has 1 amide bonds. The van der Waals surface area contributed by atoms with E-state index < -0.39 is 0 Å². The molecule has 0 aromatic heterocycles. The summed E-state index contributed by atoms with van der Waals surface area (Å²) in [6.45, 7) is 7.69. The Morgan fingerprint density at radius 2 is 1.79 bits per heavy atom. The van der Waals surface area contributed by atoms with E-state index in [9.17, 15) is 4.79 Å². The summed E-state index contributed by atoms with van der Waals surface area (Å²) >= 11 is 9.49. The van der Waals surface area contributed by atoms with E-state index in [2.05, 4.69) is 52.1 Å². The first kappa shape index (κ1) is 19.0. The first-order valence-corrected chi connectivity index (χ1v) is 9.24. The van der Waals surface area contributed by atoms with E-state index in [1.165, 1.54) is 5.56 Å². The molecule has 0 radical (unpaired) electrons. The maximum Gasteiger partial charge on any atom is 0.253 e. The van der Waals surface area contributed by atoms with Crippen molar-refractivity contribution >= 4 is 33.4 Å². The second kappa shape index (κ2) is 9.21. The van der Waals surface area contributed by atoms with Crippen LogP contribution in [-0.2, 0) is 13.1 Å². The molecule has 0 unspecified atom stereocenters. The minimum Gasteiger partial charge on any atom is -0.348 e. The predicted molar refractivity (Wildman–Crippen MR) is 103 cm³/mol. The van der Waals surface area contributed by atoms with Crippen molar-refractivity contribution in [2.45, 2.75) is 26.9 Å². The summed E-state index contributed by atoms with van der Waals surface area (Å²) in [4.78, 5) is 14.8. The van der Waals surface area contributed by atoms with Crippen molar-refractivity contribution in [3.8, 4) is 0 Å². The van der Waals surface area contributed by atoms with Gasteiger partial charge in [0.25, 0.3) is 5.91 Å². The molecule has 1 N–H and O–H groups in total. The number of amides is 1. The van der Waals surface area contributed by atoms with Gasteiger partial charge in [-0.05, 0) is 42.4 Å². The maximum atomic E-state index is 12.4. The van der Waals surface area contributed by atoms with Crippen molar-refractivity contribution in [2.75, 3.05) is 13.1 Å². The van der Waals surface area contributed by atoms with E-state index in [1.54, 1.807) is 12.1 Å². The summed E-state index contributed by atoms with van der Waals surface area (Å²) < 4.78 is 0.832. The van der Waals surface area contributed by atoms with Crippen molar-refractivity contribution in [3.63, 3.8) is 0 Å². The number of hydrogen-bond donors (Lipinski definition) is 1. The van der Waals surface area contributed by atoms with E-state index in [0.29, 0.717) is 17.1 Å². The van der Waals surface area contributed by atoms with Crippen molar-refractivity contribution < 1.29 is 4.79 Å². The molecule has 2 aromatic carbocycles.